The Bertz CT molecular complexity index is 913. The minimum atomic E-state index is -4.93. The van der Waals surface area contributed by atoms with Crippen molar-refractivity contribution in [3.63, 3.8) is 0 Å². The molecule has 1 fully saturated rings. The van der Waals surface area contributed by atoms with Gasteiger partial charge < -0.3 is 10.2 Å². The number of likely N-dealkylation sites (N-methyl/N-ethyl adjacent to an activating group) is 1. The molecule has 2 aromatic carbocycles. The summed E-state index contributed by atoms with van der Waals surface area (Å²) in [5.41, 5.74) is -1.92. The second-order valence-electron chi connectivity index (χ2n) is 8.02. The third-order valence-electron chi connectivity index (χ3n) is 5.63. The van der Waals surface area contributed by atoms with Gasteiger partial charge in [-0.25, -0.2) is 4.79 Å². The van der Waals surface area contributed by atoms with Gasteiger partial charge in [-0.15, -0.1) is 0 Å². The molecule has 0 aromatic heterocycles. The van der Waals surface area contributed by atoms with Gasteiger partial charge in [0.25, 0.3) is 0 Å². The van der Waals surface area contributed by atoms with Gasteiger partial charge in [0, 0.05) is 38.8 Å². The highest BCUT2D eigenvalue weighted by atomic mass is 19.4. The summed E-state index contributed by atoms with van der Waals surface area (Å²) in [6.07, 6.45) is -9.13. The number of halogens is 6. The van der Waals surface area contributed by atoms with Gasteiger partial charge in [-0.05, 0) is 42.7 Å². The zero-order valence-corrected chi connectivity index (χ0v) is 18.0. The van der Waals surface area contributed by atoms with Gasteiger partial charge in [0.2, 0.25) is 0 Å². The Morgan fingerprint density at radius 2 is 1.61 bits per heavy atom. The molecule has 4 nitrogen and oxygen atoms in total. The maximum atomic E-state index is 13.0. The lowest BCUT2D eigenvalue weighted by atomic mass is 10.0. The van der Waals surface area contributed by atoms with Crippen molar-refractivity contribution in [1.82, 2.24) is 15.1 Å². The molecule has 1 unspecified atom stereocenters. The van der Waals surface area contributed by atoms with Crippen molar-refractivity contribution in [3.8, 4) is 0 Å². The van der Waals surface area contributed by atoms with Crippen LogP contribution < -0.4 is 5.32 Å². The smallest absolute Gasteiger partial charge is 0.334 e. The monoisotopic (exact) mass is 473 g/mol. The van der Waals surface area contributed by atoms with E-state index in [-0.39, 0.29) is 17.7 Å². The SMILES string of the molecule is CCN(C(=O)NCc1cc(C(F)(F)F)cc(C(F)(F)F)c1)C1CCN(Cc2ccccc2)C1. The molecule has 0 bridgehead atoms. The van der Waals surface area contributed by atoms with E-state index in [0.29, 0.717) is 25.2 Å². The van der Waals surface area contributed by atoms with Crippen molar-refractivity contribution in [2.45, 2.75) is 44.8 Å². The van der Waals surface area contributed by atoms with E-state index >= 15 is 0 Å². The number of amides is 2. The molecule has 1 atom stereocenters. The van der Waals surface area contributed by atoms with E-state index in [0.717, 1.165) is 25.1 Å². The van der Waals surface area contributed by atoms with Gasteiger partial charge in [0.1, 0.15) is 0 Å². The molecule has 0 radical (unpaired) electrons. The van der Waals surface area contributed by atoms with Gasteiger partial charge in [-0.3, -0.25) is 4.90 Å². The first-order chi connectivity index (χ1) is 15.5. The van der Waals surface area contributed by atoms with Gasteiger partial charge in [-0.2, -0.15) is 26.3 Å². The van der Waals surface area contributed by atoms with Crippen LogP contribution in [0, 0.1) is 0 Å². The Labute approximate surface area is 188 Å². The minimum Gasteiger partial charge on any atom is -0.334 e. The van der Waals surface area contributed by atoms with Gasteiger partial charge in [0.05, 0.1) is 11.1 Å². The van der Waals surface area contributed by atoms with Crippen molar-refractivity contribution in [2.75, 3.05) is 19.6 Å². The van der Waals surface area contributed by atoms with Crippen LogP contribution in [0.2, 0.25) is 0 Å². The standard InChI is InChI=1S/C23H25F6N3O/c1-2-32(20-8-9-31(15-20)14-16-6-4-3-5-7-16)21(33)30-13-17-10-18(22(24,25)26)12-19(11-17)23(27,28)29/h3-7,10-12,20H,2,8-9,13-15H2,1H3,(H,30,33). The largest absolute Gasteiger partial charge is 0.416 e. The summed E-state index contributed by atoms with van der Waals surface area (Å²) in [5.74, 6) is 0. The molecule has 10 heteroatoms. The van der Waals surface area contributed by atoms with E-state index in [1.165, 1.54) is 0 Å². The molecule has 0 saturated carbocycles. The molecule has 33 heavy (non-hydrogen) atoms. The van der Waals surface area contributed by atoms with E-state index in [9.17, 15) is 31.1 Å². The van der Waals surface area contributed by atoms with Crippen LogP contribution in [0.4, 0.5) is 31.1 Å². The number of carbonyl (C=O) groups is 1. The quantitative estimate of drug-likeness (QED) is 0.560. The van der Waals surface area contributed by atoms with Crippen molar-refractivity contribution >= 4 is 6.03 Å². The fourth-order valence-corrected chi connectivity index (χ4v) is 4.02. The number of alkyl halides is 6. The lowest BCUT2D eigenvalue weighted by Gasteiger charge is -2.28. The topological polar surface area (TPSA) is 35.6 Å². The van der Waals surface area contributed by atoms with Crippen molar-refractivity contribution in [3.05, 3.63) is 70.8 Å². The summed E-state index contributed by atoms with van der Waals surface area (Å²) in [6.45, 7) is 3.87. The van der Waals surface area contributed by atoms with Crippen LogP contribution >= 0.6 is 0 Å². The number of benzene rings is 2. The molecule has 0 spiro atoms. The molecule has 2 aromatic rings. The Morgan fingerprint density at radius 3 is 2.15 bits per heavy atom. The predicted octanol–water partition coefficient (Wildman–Crippen LogP) is 5.53. The van der Waals surface area contributed by atoms with Gasteiger partial charge in [0.15, 0.2) is 0 Å². The highest BCUT2D eigenvalue weighted by molar-refractivity contribution is 5.74. The molecule has 1 N–H and O–H groups in total. The lowest BCUT2D eigenvalue weighted by molar-refractivity contribution is -0.143. The third kappa shape index (κ3) is 6.63. The maximum absolute atomic E-state index is 13.0. The van der Waals surface area contributed by atoms with Crippen LogP contribution in [0.5, 0.6) is 0 Å². The molecule has 180 valence electrons. The van der Waals surface area contributed by atoms with E-state index in [1.807, 2.05) is 30.3 Å². The molecule has 1 heterocycles. The van der Waals surface area contributed by atoms with E-state index < -0.39 is 36.1 Å². The van der Waals surface area contributed by atoms with Crippen LogP contribution in [0.25, 0.3) is 0 Å². The third-order valence-corrected chi connectivity index (χ3v) is 5.63. The highest BCUT2D eigenvalue weighted by Gasteiger charge is 2.37. The average molecular weight is 473 g/mol. The Kier molecular flexibility index (Phi) is 7.56. The molecule has 0 aliphatic carbocycles. The average Bonchev–Trinajstić information content (AvgIpc) is 3.20. The first-order valence-electron chi connectivity index (χ1n) is 10.6. The zero-order chi connectivity index (χ0) is 24.2. The summed E-state index contributed by atoms with van der Waals surface area (Å²) in [4.78, 5) is 16.5. The van der Waals surface area contributed by atoms with Gasteiger partial charge >= 0.3 is 18.4 Å². The number of nitrogens with zero attached hydrogens (tertiary/aromatic N) is 2. The number of carbonyl (C=O) groups excluding carboxylic acids is 1. The molecular formula is C23H25F6N3O. The Balaban J connectivity index is 1.64. The molecule has 1 aliphatic heterocycles. The number of hydrogen-bond acceptors (Lipinski definition) is 2. The number of rotatable bonds is 6. The van der Waals surface area contributed by atoms with Crippen LogP contribution in [0.1, 0.15) is 35.6 Å². The molecule has 1 saturated heterocycles. The van der Waals surface area contributed by atoms with Crippen LogP contribution in [-0.4, -0.2) is 41.5 Å². The predicted molar refractivity (Wildman–Crippen MR) is 111 cm³/mol. The van der Waals surface area contributed by atoms with Crippen molar-refractivity contribution < 1.29 is 31.1 Å². The minimum absolute atomic E-state index is 0.0729. The summed E-state index contributed by atoms with van der Waals surface area (Å²) in [5, 5.41) is 2.48. The van der Waals surface area contributed by atoms with Crippen molar-refractivity contribution in [2.24, 2.45) is 0 Å². The van der Waals surface area contributed by atoms with Crippen molar-refractivity contribution in [1.29, 1.82) is 0 Å². The number of hydrogen-bond donors (Lipinski definition) is 1. The van der Waals surface area contributed by atoms with Gasteiger partial charge in [-0.1, -0.05) is 30.3 Å². The fourth-order valence-electron chi connectivity index (χ4n) is 4.02. The zero-order valence-electron chi connectivity index (χ0n) is 18.0. The van der Waals surface area contributed by atoms with Crippen LogP contribution in [-0.2, 0) is 25.4 Å². The van der Waals surface area contributed by atoms with Crippen LogP contribution in [0.15, 0.2) is 48.5 Å². The first-order valence-corrected chi connectivity index (χ1v) is 10.6. The number of likely N-dealkylation sites (tertiary alicyclic amines) is 1. The van der Waals surface area contributed by atoms with Crippen LogP contribution in [0.3, 0.4) is 0 Å². The Hall–Kier alpha value is -2.75. The second-order valence-corrected chi connectivity index (χ2v) is 8.02. The maximum Gasteiger partial charge on any atom is 0.416 e. The molecule has 1 aliphatic rings. The first kappa shape index (κ1) is 24.9. The molecule has 2 amide bonds. The lowest BCUT2D eigenvalue weighted by Crippen LogP contribution is -2.46. The number of urea groups is 1. The summed E-state index contributed by atoms with van der Waals surface area (Å²) < 4.78 is 78.3. The van der Waals surface area contributed by atoms with E-state index in [2.05, 4.69) is 10.2 Å². The highest BCUT2D eigenvalue weighted by Crippen LogP contribution is 2.36. The normalized spacial score (nSPS) is 17.2. The van der Waals surface area contributed by atoms with E-state index in [1.54, 1.807) is 11.8 Å². The summed E-state index contributed by atoms with van der Waals surface area (Å²) in [6, 6.07) is 10.6. The Morgan fingerprint density at radius 1 is 1.00 bits per heavy atom. The van der Waals surface area contributed by atoms with E-state index in [4.69, 9.17) is 0 Å². The summed E-state index contributed by atoms with van der Waals surface area (Å²) >= 11 is 0. The number of nitrogens with one attached hydrogen (secondary N) is 1. The fraction of sp³-hybridized carbons (Fsp3) is 0.435. The summed E-state index contributed by atoms with van der Waals surface area (Å²) in [7, 11) is 0. The molecule has 3 rings (SSSR count). The molecular weight excluding hydrogens is 448 g/mol. The second kappa shape index (κ2) is 10.0.